The molecule has 3 heterocycles. The number of rotatable bonds is 4. The summed E-state index contributed by atoms with van der Waals surface area (Å²) in [6, 6.07) is 9.75. The number of nitrogens with zero attached hydrogens (tertiary/aromatic N) is 4. The van der Waals surface area contributed by atoms with Crippen molar-refractivity contribution in [2.75, 3.05) is 13.1 Å². The van der Waals surface area contributed by atoms with Crippen molar-refractivity contribution in [3.05, 3.63) is 53.8 Å². The molecule has 1 atom stereocenters. The highest BCUT2D eigenvalue weighted by atomic mass is 32.1. The van der Waals surface area contributed by atoms with Crippen molar-refractivity contribution < 1.29 is 14.7 Å². The van der Waals surface area contributed by atoms with Crippen molar-refractivity contribution in [2.45, 2.75) is 13.3 Å². The zero-order chi connectivity index (χ0) is 19.0. The van der Waals surface area contributed by atoms with Crippen molar-refractivity contribution in [1.29, 1.82) is 0 Å². The van der Waals surface area contributed by atoms with Crippen LogP contribution < -0.4 is 0 Å². The third-order valence-corrected chi connectivity index (χ3v) is 5.74. The van der Waals surface area contributed by atoms with E-state index in [9.17, 15) is 14.7 Å². The largest absolute Gasteiger partial charge is 0.481 e. The van der Waals surface area contributed by atoms with Crippen LogP contribution in [0.1, 0.15) is 23.8 Å². The van der Waals surface area contributed by atoms with Gasteiger partial charge in [-0.05, 0) is 25.5 Å². The summed E-state index contributed by atoms with van der Waals surface area (Å²) in [6.07, 6.45) is 4.05. The molecule has 1 aliphatic rings. The number of aromatic nitrogens is 3. The van der Waals surface area contributed by atoms with Crippen molar-refractivity contribution in [3.63, 3.8) is 0 Å². The topological polar surface area (TPSA) is 88.3 Å². The fraction of sp³-hybridized carbons (Fsp3) is 0.263. The molecule has 3 aromatic rings. The second-order valence-electron chi connectivity index (χ2n) is 6.89. The molecule has 7 nitrogen and oxygen atoms in total. The molecule has 138 valence electrons. The molecule has 1 saturated heterocycles. The van der Waals surface area contributed by atoms with Crippen LogP contribution in [0.4, 0.5) is 0 Å². The Morgan fingerprint density at radius 2 is 2.04 bits per heavy atom. The molecule has 0 bridgehead atoms. The summed E-state index contributed by atoms with van der Waals surface area (Å²) >= 11 is 1.38. The zero-order valence-corrected chi connectivity index (χ0v) is 15.5. The monoisotopic (exact) mass is 382 g/mol. The number of thiazole rings is 1. The first-order valence-electron chi connectivity index (χ1n) is 8.55. The van der Waals surface area contributed by atoms with E-state index in [4.69, 9.17) is 0 Å². The van der Waals surface area contributed by atoms with Gasteiger partial charge in [0.15, 0.2) is 0 Å². The minimum absolute atomic E-state index is 0.208. The Kier molecular flexibility index (Phi) is 4.27. The number of amides is 1. The molecule has 0 aliphatic carbocycles. The molecule has 0 saturated carbocycles. The van der Waals surface area contributed by atoms with Gasteiger partial charge in [0.05, 0.1) is 17.3 Å². The van der Waals surface area contributed by atoms with E-state index in [0.717, 1.165) is 11.3 Å². The van der Waals surface area contributed by atoms with Gasteiger partial charge in [0.25, 0.3) is 5.91 Å². The summed E-state index contributed by atoms with van der Waals surface area (Å²) in [4.78, 5) is 30.1. The number of carbonyl (C=O) groups excluding carboxylic acids is 1. The van der Waals surface area contributed by atoms with Crippen molar-refractivity contribution >= 4 is 23.2 Å². The van der Waals surface area contributed by atoms with Gasteiger partial charge in [-0.1, -0.05) is 18.2 Å². The lowest BCUT2D eigenvalue weighted by atomic mass is 9.90. The Labute approximate surface area is 159 Å². The van der Waals surface area contributed by atoms with Crippen LogP contribution in [0.25, 0.3) is 16.3 Å². The molecular weight excluding hydrogens is 364 g/mol. The lowest BCUT2D eigenvalue weighted by Crippen LogP contribution is -2.35. The van der Waals surface area contributed by atoms with Crippen LogP contribution in [0.3, 0.4) is 0 Å². The number of benzene rings is 1. The maximum atomic E-state index is 12.7. The molecule has 1 fully saturated rings. The molecular formula is C19H18N4O3S. The first-order chi connectivity index (χ1) is 13.0. The van der Waals surface area contributed by atoms with Crippen LogP contribution in [0.2, 0.25) is 0 Å². The van der Waals surface area contributed by atoms with Crippen LogP contribution in [0, 0.1) is 5.41 Å². The van der Waals surface area contributed by atoms with Gasteiger partial charge < -0.3 is 10.0 Å². The van der Waals surface area contributed by atoms with E-state index in [1.807, 2.05) is 36.5 Å². The first-order valence-corrected chi connectivity index (χ1v) is 9.43. The maximum Gasteiger partial charge on any atom is 0.311 e. The predicted octanol–water partition coefficient (Wildman–Crippen LogP) is 2.93. The standard InChI is InChI=1S/C19H18N4O3S/c1-19(18(25)26)7-8-22(12-19)17(24)15-11-27-16(21-15)13-9-20-23(10-13)14-5-3-2-4-6-14/h2-6,9-11H,7-8,12H2,1H3,(H,25,26)/t19-/m1/s1. The van der Waals surface area contributed by atoms with Crippen LogP contribution in [-0.2, 0) is 4.79 Å². The number of hydrogen-bond donors (Lipinski definition) is 1. The summed E-state index contributed by atoms with van der Waals surface area (Å²) in [5, 5.41) is 16.1. The van der Waals surface area contributed by atoms with Crippen molar-refractivity contribution in [2.24, 2.45) is 5.41 Å². The summed E-state index contributed by atoms with van der Waals surface area (Å²) in [5.41, 5.74) is 1.24. The van der Waals surface area contributed by atoms with E-state index in [2.05, 4.69) is 10.1 Å². The Balaban J connectivity index is 1.52. The lowest BCUT2D eigenvalue weighted by Gasteiger charge is -2.19. The van der Waals surface area contributed by atoms with Crippen LogP contribution >= 0.6 is 11.3 Å². The molecule has 1 aromatic carbocycles. The second-order valence-corrected chi connectivity index (χ2v) is 7.75. The fourth-order valence-electron chi connectivity index (χ4n) is 3.13. The normalized spacial score (nSPS) is 19.4. The Hall–Kier alpha value is -3.00. The maximum absolute atomic E-state index is 12.7. The fourth-order valence-corrected chi connectivity index (χ4v) is 3.90. The molecule has 4 rings (SSSR count). The zero-order valence-electron chi connectivity index (χ0n) is 14.7. The van der Waals surface area contributed by atoms with Gasteiger partial charge in [0, 0.05) is 30.2 Å². The van der Waals surface area contributed by atoms with Gasteiger partial charge in [-0.3, -0.25) is 9.59 Å². The highest BCUT2D eigenvalue weighted by Crippen LogP contribution is 2.32. The molecule has 0 radical (unpaired) electrons. The second kappa shape index (κ2) is 6.62. The number of carboxylic acids is 1. The highest BCUT2D eigenvalue weighted by Gasteiger charge is 2.42. The van der Waals surface area contributed by atoms with Crippen molar-refractivity contribution in [1.82, 2.24) is 19.7 Å². The third-order valence-electron chi connectivity index (χ3n) is 4.85. The van der Waals surface area contributed by atoms with Crippen LogP contribution in [0.15, 0.2) is 48.1 Å². The summed E-state index contributed by atoms with van der Waals surface area (Å²) in [5.74, 6) is -1.09. The van der Waals surface area contributed by atoms with Gasteiger partial charge in [0.2, 0.25) is 0 Å². The van der Waals surface area contributed by atoms with Gasteiger partial charge in [-0.25, -0.2) is 9.67 Å². The predicted molar refractivity (Wildman–Crippen MR) is 101 cm³/mol. The molecule has 8 heteroatoms. The minimum Gasteiger partial charge on any atom is -0.481 e. The van der Waals surface area contributed by atoms with Gasteiger partial charge in [0.1, 0.15) is 10.7 Å². The summed E-state index contributed by atoms with van der Waals surface area (Å²) in [6.45, 7) is 2.31. The van der Waals surface area contributed by atoms with E-state index >= 15 is 0 Å². The molecule has 27 heavy (non-hydrogen) atoms. The molecule has 2 aromatic heterocycles. The molecule has 1 aliphatic heterocycles. The van der Waals surface area contributed by atoms with Crippen LogP contribution in [-0.4, -0.2) is 49.7 Å². The van der Waals surface area contributed by atoms with Crippen molar-refractivity contribution in [3.8, 4) is 16.3 Å². The average molecular weight is 382 g/mol. The molecule has 1 amide bonds. The number of carboxylic acid groups (broad SMARTS) is 1. The molecule has 0 spiro atoms. The number of para-hydroxylation sites is 1. The minimum atomic E-state index is -0.884. The summed E-state index contributed by atoms with van der Waals surface area (Å²) in [7, 11) is 0. The van der Waals surface area contributed by atoms with E-state index in [1.165, 1.54) is 11.3 Å². The highest BCUT2D eigenvalue weighted by molar-refractivity contribution is 7.13. The van der Waals surface area contributed by atoms with E-state index in [0.29, 0.717) is 23.7 Å². The van der Waals surface area contributed by atoms with Gasteiger partial charge >= 0.3 is 5.97 Å². The van der Waals surface area contributed by atoms with E-state index in [1.54, 1.807) is 28.1 Å². The van der Waals surface area contributed by atoms with E-state index < -0.39 is 11.4 Å². The number of hydrogen-bond acceptors (Lipinski definition) is 5. The number of likely N-dealkylation sites (tertiary alicyclic amines) is 1. The SMILES string of the molecule is C[C@@]1(C(=O)O)CCN(C(=O)c2csc(-c3cnn(-c4ccccc4)c3)n2)C1. The Morgan fingerprint density at radius 1 is 1.26 bits per heavy atom. The van der Waals surface area contributed by atoms with Gasteiger partial charge in [-0.2, -0.15) is 5.10 Å². The quantitative estimate of drug-likeness (QED) is 0.749. The molecule has 0 unspecified atom stereocenters. The Bertz CT molecular complexity index is 997. The first kappa shape index (κ1) is 17.4. The van der Waals surface area contributed by atoms with Crippen LogP contribution in [0.5, 0.6) is 0 Å². The van der Waals surface area contributed by atoms with Gasteiger partial charge in [-0.15, -0.1) is 11.3 Å². The lowest BCUT2D eigenvalue weighted by molar-refractivity contribution is -0.147. The average Bonchev–Trinajstić information content (AvgIpc) is 3.41. The molecule has 1 N–H and O–H groups in total. The number of aliphatic carboxylic acids is 1. The van der Waals surface area contributed by atoms with E-state index in [-0.39, 0.29) is 12.5 Å². The smallest absolute Gasteiger partial charge is 0.311 e. The number of carbonyl (C=O) groups is 2. The Morgan fingerprint density at radius 3 is 2.74 bits per heavy atom. The third kappa shape index (κ3) is 3.23. The summed E-state index contributed by atoms with van der Waals surface area (Å²) < 4.78 is 1.76.